The maximum Gasteiger partial charge on any atom is 0.135 e. The van der Waals surface area contributed by atoms with E-state index in [2.05, 4.69) is 0 Å². The average Bonchev–Trinajstić information content (AvgIpc) is 2.67. The fourth-order valence-corrected chi connectivity index (χ4v) is 2.58. The van der Waals surface area contributed by atoms with Gasteiger partial charge in [0.15, 0.2) is 0 Å². The normalized spacial score (nSPS) is 29.7. The fraction of sp³-hybridized carbons (Fsp3) is 0.917. The van der Waals surface area contributed by atoms with Crippen LogP contribution in [0.1, 0.15) is 51.4 Å². The highest BCUT2D eigenvalue weighted by Gasteiger charge is 2.22. The van der Waals surface area contributed by atoms with Gasteiger partial charge in [-0.25, -0.2) is 0 Å². The molecule has 0 aromatic rings. The van der Waals surface area contributed by atoms with Gasteiger partial charge in [0.2, 0.25) is 0 Å². The molecule has 0 saturated heterocycles. The lowest BCUT2D eigenvalue weighted by Gasteiger charge is -2.22. The van der Waals surface area contributed by atoms with Crippen LogP contribution in [0.4, 0.5) is 0 Å². The van der Waals surface area contributed by atoms with E-state index < -0.39 is 0 Å². The minimum absolute atomic E-state index is 0.247. The zero-order valence-electron chi connectivity index (χ0n) is 8.84. The van der Waals surface area contributed by atoms with Crippen LogP contribution in [0.25, 0.3) is 0 Å². The molecule has 0 aromatic heterocycles. The van der Waals surface area contributed by atoms with Gasteiger partial charge >= 0.3 is 0 Å². The van der Waals surface area contributed by atoms with E-state index in [0.29, 0.717) is 12.2 Å². The summed E-state index contributed by atoms with van der Waals surface area (Å²) in [6, 6.07) is 0. The molecule has 0 spiro atoms. The highest BCUT2D eigenvalue weighted by molar-refractivity contribution is 5.79. The number of carbonyl (C=O) groups is 1. The zero-order chi connectivity index (χ0) is 9.80. The van der Waals surface area contributed by atoms with Crippen molar-refractivity contribution in [1.82, 2.24) is 0 Å². The van der Waals surface area contributed by atoms with Crippen molar-refractivity contribution in [1.29, 1.82) is 0 Å². The Morgan fingerprint density at radius 3 is 2.64 bits per heavy atom. The van der Waals surface area contributed by atoms with Crippen molar-refractivity contribution in [2.75, 3.05) is 6.61 Å². The van der Waals surface area contributed by atoms with Crippen LogP contribution in [-0.4, -0.2) is 18.5 Å². The van der Waals surface area contributed by atoms with E-state index in [1.807, 2.05) is 0 Å². The van der Waals surface area contributed by atoms with Crippen LogP contribution in [0.3, 0.4) is 0 Å². The molecule has 2 fully saturated rings. The van der Waals surface area contributed by atoms with Crippen LogP contribution in [0, 0.1) is 5.92 Å². The predicted molar refractivity (Wildman–Crippen MR) is 55.2 cm³/mol. The monoisotopic (exact) mass is 196 g/mol. The topological polar surface area (TPSA) is 26.3 Å². The molecule has 1 unspecified atom stereocenters. The van der Waals surface area contributed by atoms with Crippen LogP contribution in [0.2, 0.25) is 0 Å². The van der Waals surface area contributed by atoms with Gasteiger partial charge in [-0.1, -0.05) is 12.8 Å². The third-order valence-electron chi connectivity index (χ3n) is 3.48. The molecule has 2 nitrogen and oxygen atoms in total. The molecule has 0 N–H and O–H groups in total. The van der Waals surface area contributed by atoms with Gasteiger partial charge in [-0.05, 0) is 31.6 Å². The summed E-state index contributed by atoms with van der Waals surface area (Å²) >= 11 is 0. The summed E-state index contributed by atoms with van der Waals surface area (Å²) in [6.07, 6.45) is 9.25. The Labute approximate surface area is 86.0 Å². The summed E-state index contributed by atoms with van der Waals surface area (Å²) in [7, 11) is 0. The molecule has 2 saturated carbocycles. The smallest absolute Gasteiger partial charge is 0.135 e. The van der Waals surface area contributed by atoms with Crippen molar-refractivity contribution in [2.24, 2.45) is 5.92 Å². The average molecular weight is 196 g/mol. The van der Waals surface area contributed by atoms with Gasteiger partial charge < -0.3 is 4.74 Å². The molecule has 1 atom stereocenters. The number of rotatable bonds is 3. The molecule has 80 valence electrons. The predicted octanol–water partition coefficient (Wildman–Crippen LogP) is 2.70. The molecule has 0 aromatic carbocycles. The van der Waals surface area contributed by atoms with Crippen molar-refractivity contribution in [3.05, 3.63) is 0 Å². The van der Waals surface area contributed by atoms with E-state index >= 15 is 0 Å². The van der Waals surface area contributed by atoms with Gasteiger partial charge in [-0.3, -0.25) is 4.79 Å². The molecule has 0 radical (unpaired) electrons. The molecule has 14 heavy (non-hydrogen) atoms. The minimum atomic E-state index is 0.247. The van der Waals surface area contributed by atoms with E-state index in [9.17, 15) is 4.79 Å². The third kappa shape index (κ3) is 2.81. The third-order valence-corrected chi connectivity index (χ3v) is 3.48. The second kappa shape index (κ2) is 4.92. The number of ether oxygens (including phenoxy) is 1. The summed E-state index contributed by atoms with van der Waals surface area (Å²) in [5.74, 6) is 1.18. The standard InChI is InChI=1S/C12H20O2/c13-11-6-3-7-12(8-11)14-9-10-4-1-2-5-10/h10,12H,1-9H2. The van der Waals surface area contributed by atoms with Gasteiger partial charge in [-0.15, -0.1) is 0 Å². The van der Waals surface area contributed by atoms with Crippen molar-refractivity contribution in [2.45, 2.75) is 57.5 Å². The van der Waals surface area contributed by atoms with Gasteiger partial charge in [-0.2, -0.15) is 0 Å². The number of hydrogen-bond donors (Lipinski definition) is 0. The summed E-state index contributed by atoms with van der Waals surface area (Å²) in [5, 5.41) is 0. The van der Waals surface area contributed by atoms with E-state index in [1.165, 1.54) is 25.7 Å². The SMILES string of the molecule is O=C1CCCC(OCC2CCCC2)C1. The van der Waals surface area contributed by atoms with Crippen LogP contribution in [0.15, 0.2) is 0 Å². The van der Waals surface area contributed by atoms with Crippen LogP contribution in [-0.2, 0) is 9.53 Å². The lowest BCUT2D eigenvalue weighted by molar-refractivity contribution is -0.124. The summed E-state index contributed by atoms with van der Waals surface area (Å²) < 4.78 is 5.82. The Hall–Kier alpha value is -0.370. The second-order valence-corrected chi connectivity index (χ2v) is 4.74. The quantitative estimate of drug-likeness (QED) is 0.693. The Morgan fingerprint density at radius 1 is 1.14 bits per heavy atom. The van der Waals surface area contributed by atoms with Gasteiger partial charge in [0.1, 0.15) is 5.78 Å². The van der Waals surface area contributed by atoms with Crippen LogP contribution < -0.4 is 0 Å². The molecular formula is C12H20O2. The summed E-state index contributed by atoms with van der Waals surface area (Å²) in [6.45, 7) is 0.901. The number of carbonyl (C=O) groups excluding carboxylic acids is 1. The first kappa shape index (κ1) is 10.2. The van der Waals surface area contributed by atoms with Gasteiger partial charge in [0.25, 0.3) is 0 Å². The Morgan fingerprint density at radius 2 is 1.93 bits per heavy atom. The minimum Gasteiger partial charge on any atom is -0.377 e. The van der Waals surface area contributed by atoms with E-state index in [4.69, 9.17) is 4.74 Å². The maximum atomic E-state index is 11.2. The summed E-state index contributed by atoms with van der Waals surface area (Å²) in [5.41, 5.74) is 0. The molecule has 2 aliphatic rings. The van der Waals surface area contributed by atoms with E-state index in [1.54, 1.807) is 0 Å². The Balaban J connectivity index is 1.66. The van der Waals surface area contributed by atoms with Crippen LogP contribution >= 0.6 is 0 Å². The van der Waals surface area contributed by atoms with Gasteiger partial charge in [0, 0.05) is 19.4 Å². The fourth-order valence-electron chi connectivity index (χ4n) is 2.58. The van der Waals surface area contributed by atoms with Crippen molar-refractivity contribution >= 4 is 5.78 Å². The largest absolute Gasteiger partial charge is 0.377 e. The number of hydrogen-bond acceptors (Lipinski definition) is 2. The molecule has 2 heteroatoms. The van der Waals surface area contributed by atoms with E-state index in [0.717, 1.165) is 31.8 Å². The molecule has 0 aliphatic heterocycles. The second-order valence-electron chi connectivity index (χ2n) is 4.74. The van der Waals surface area contributed by atoms with Crippen molar-refractivity contribution < 1.29 is 9.53 Å². The summed E-state index contributed by atoms with van der Waals surface area (Å²) in [4.78, 5) is 11.2. The van der Waals surface area contributed by atoms with Gasteiger partial charge in [0.05, 0.1) is 6.10 Å². The molecule has 0 heterocycles. The molecule has 0 bridgehead atoms. The zero-order valence-corrected chi connectivity index (χ0v) is 8.84. The molecular weight excluding hydrogens is 176 g/mol. The number of ketones is 1. The molecule has 2 rings (SSSR count). The maximum absolute atomic E-state index is 11.2. The highest BCUT2D eigenvalue weighted by Crippen LogP contribution is 2.26. The highest BCUT2D eigenvalue weighted by atomic mass is 16.5. The van der Waals surface area contributed by atoms with Crippen molar-refractivity contribution in [3.63, 3.8) is 0 Å². The Bertz CT molecular complexity index is 194. The first-order valence-corrected chi connectivity index (χ1v) is 5.98. The first-order valence-electron chi connectivity index (χ1n) is 5.98. The lowest BCUT2D eigenvalue weighted by atomic mass is 9.96. The first-order chi connectivity index (χ1) is 6.84. The molecule has 0 amide bonds. The Kier molecular flexibility index (Phi) is 3.57. The van der Waals surface area contributed by atoms with Crippen LogP contribution in [0.5, 0.6) is 0 Å². The number of Topliss-reactive ketones (excluding diaryl/α,β-unsaturated/α-hetero) is 1. The lowest BCUT2D eigenvalue weighted by Crippen LogP contribution is -2.24. The molecule has 2 aliphatic carbocycles. The van der Waals surface area contributed by atoms with Crippen molar-refractivity contribution in [3.8, 4) is 0 Å². The van der Waals surface area contributed by atoms with E-state index in [-0.39, 0.29) is 6.10 Å².